The van der Waals surface area contributed by atoms with E-state index in [9.17, 15) is 9.59 Å². The number of benzene rings is 3. The molecule has 0 spiro atoms. The molecule has 5 nitrogen and oxygen atoms in total. The zero-order chi connectivity index (χ0) is 20.8. The summed E-state index contributed by atoms with van der Waals surface area (Å²) in [6, 6.07) is 20.8. The Bertz CT molecular complexity index is 1060. The van der Waals surface area contributed by atoms with Crippen LogP contribution in [0.2, 0.25) is 5.02 Å². The Morgan fingerprint density at radius 1 is 0.793 bits per heavy atom. The third-order valence-electron chi connectivity index (χ3n) is 3.82. The van der Waals surface area contributed by atoms with Gasteiger partial charge in [-0.1, -0.05) is 17.7 Å². The second-order valence-corrected chi connectivity index (χ2v) is 8.05. The zero-order valence-electron chi connectivity index (χ0n) is 14.9. The number of hydrogen-bond donors (Lipinski definition) is 3. The third kappa shape index (κ3) is 6.25. The van der Waals surface area contributed by atoms with Crippen LogP contribution in [0.25, 0.3) is 0 Å². The first-order valence-electron chi connectivity index (χ1n) is 8.45. The molecule has 0 aliphatic rings. The predicted octanol–water partition coefficient (Wildman–Crippen LogP) is 5.32. The number of rotatable bonds is 4. The van der Waals surface area contributed by atoms with Crippen LogP contribution in [-0.2, 0) is 0 Å². The number of carbonyl (C=O) groups excluding carboxylic acids is 2. The molecule has 0 radical (unpaired) electrons. The molecule has 3 aromatic rings. The summed E-state index contributed by atoms with van der Waals surface area (Å²) in [7, 11) is 0. The van der Waals surface area contributed by atoms with Crippen molar-refractivity contribution in [3.63, 3.8) is 0 Å². The normalized spacial score (nSPS) is 10.1. The average molecular weight is 536 g/mol. The van der Waals surface area contributed by atoms with Crippen LogP contribution in [0, 0.1) is 3.57 Å². The Labute approximate surface area is 192 Å². The first-order chi connectivity index (χ1) is 13.9. The fourth-order valence-electron chi connectivity index (χ4n) is 2.41. The summed E-state index contributed by atoms with van der Waals surface area (Å²) < 4.78 is 1.04. The largest absolute Gasteiger partial charge is 0.332 e. The molecule has 0 bridgehead atoms. The van der Waals surface area contributed by atoms with Crippen molar-refractivity contribution in [3.05, 3.63) is 92.5 Å². The summed E-state index contributed by atoms with van der Waals surface area (Å²) in [6.45, 7) is 0. The van der Waals surface area contributed by atoms with Gasteiger partial charge in [0.05, 0.1) is 0 Å². The molecule has 8 heteroatoms. The van der Waals surface area contributed by atoms with Gasteiger partial charge in [-0.15, -0.1) is 0 Å². The molecule has 0 heterocycles. The van der Waals surface area contributed by atoms with Crippen LogP contribution in [0.15, 0.2) is 72.8 Å². The van der Waals surface area contributed by atoms with Gasteiger partial charge in [0.25, 0.3) is 11.8 Å². The monoisotopic (exact) mass is 535 g/mol. The van der Waals surface area contributed by atoms with Gasteiger partial charge in [-0.3, -0.25) is 14.9 Å². The van der Waals surface area contributed by atoms with E-state index in [2.05, 4.69) is 38.5 Å². The maximum absolute atomic E-state index is 12.3. The van der Waals surface area contributed by atoms with E-state index in [0.717, 1.165) is 3.57 Å². The summed E-state index contributed by atoms with van der Waals surface area (Å²) in [5, 5.41) is 9.05. The van der Waals surface area contributed by atoms with Crippen molar-refractivity contribution in [2.45, 2.75) is 0 Å². The predicted molar refractivity (Wildman–Crippen MR) is 129 cm³/mol. The van der Waals surface area contributed by atoms with Gasteiger partial charge >= 0.3 is 0 Å². The average Bonchev–Trinajstić information content (AvgIpc) is 2.70. The highest BCUT2D eigenvalue weighted by atomic mass is 127. The lowest BCUT2D eigenvalue weighted by Gasteiger charge is -2.11. The maximum Gasteiger partial charge on any atom is 0.257 e. The number of amides is 2. The summed E-state index contributed by atoms with van der Waals surface area (Å²) in [5.74, 6) is -0.544. The van der Waals surface area contributed by atoms with Gasteiger partial charge in [-0.2, -0.15) is 0 Å². The van der Waals surface area contributed by atoms with Gasteiger partial charge in [0.2, 0.25) is 0 Å². The minimum absolute atomic E-state index is 0.185. The second-order valence-electron chi connectivity index (χ2n) is 5.96. The van der Waals surface area contributed by atoms with Crippen molar-refractivity contribution >= 4 is 74.7 Å². The molecule has 3 N–H and O–H groups in total. The molecule has 0 saturated carbocycles. The molecule has 0 saturated heterocycles. The molecule has 3 rings (SSSR count). The van der Waals surface area contributed by atoms with Crippen molar-refractivity contribution in [2.24, 2.45) is 0 Å². The van der Waals surface area contributed by atoms with Gasteiger partial charge in [0.15, 0.2) is 5.11 Å². The Kier molecular flexibility index (Phi) is 7.18. The number of thiocarbonyl (C=S) groups is 1. The lowest BCUT2D eigenvalue weighted by Crippen LogP contribution is -2.34. The Balaban J connectivity index is 1.55. The number of anilines is 2. The molecule has 0 unspecified atom stereocenters. The molecular formula is C21H15ClIN3O2S. The molecule has 29 heavy (non-hydrogen) atoms. The standard InChI is InChI=1S/C21H15ClIN3O2S/c22-15-3-1-2-14(12-15)20(28)24-17-8-10-18(11-9-17)25-21(29)26-19(27)13-4-6-16(23)7-5-13/h1-12H,(H,24,28)(H2,25,26,27,29). The molecule has 0 fully saturated rings. The smallest absolute Gasteiger partial charge is 0.257 e. The van der Waals surface area contributed by atoms with Crippen molar-refractivity contribution in [1.82, 2.24) is 5.32 Å². The van der Waals surface area contributed by atoms with E-state index in [4.69, 9.17) is 23.8 Å². The van der Waals surface area contributed by atoms with E-state index in [1.54, 1.807) is 60.7 Å². The van der Waals surface area contributed by atoms with Crippen LogP contribution >= 0.6 is 46.4 Å². The lowest BCUT2D eigenvalue weighted by atomic mass is 10.2. The molecule has 0 atom stereocenters. The van der Waals surface area contributed by atoms with Crippen molar-refractivity contribution < 1.29 is 9.59 Å². The number of hydrogen-bond acceptors (Lipinski definition) is 3. The number of halogens is 2. The van der Waals surface area contributed by atoms with Crippen LogP contribution < -0.4 is 16.0 Å². The third-order valence-corrected chi connectivity index (χ3v) is 4.98. The first kappa shape index (κ1) is 21.2. The van der Waals surface area contributed by atoms with Crippen molar-refractivity contribution in [3.8, 4) is 0 Å². The minimum Gasteiger partial charge on any atom is -0.332 e. The SMILES string of the molecule is O=C(NC(=S)Nc1ccc(NC(=O)c2cccc(Cl)c2)cc1)c1ccc(I)cc1. The van der Waals surface area contributed by atoms with Crippen LogP contribution in [0.5, 0.6) is 0 Å². The molecule has 0 aromatic heterocycles. The highest BCUT2D eigenvalue weighted by Crippen LogP contribution is 2.16. The van der Waals surface area contributed by atoms with Crippen molar-refractivity contribution in [2.75, 3.05) is 10.6 Å². The summed E-state index contributed by atoms with van der Waals surface area (Å²) in [4.78, 5) is 24.4. The second kappa shape index (κ2) is 9.82. The Hall–Kier alpha value is -2.49. The van der Waals surface area contributed by atoms with E-state index in [1.165, 1.54) is 0 Å². The lowest BCUT2D eigenvalue weighted by molar-refractivity contribution is 0.0976. The fourth-order valence-corrected chi connectivity index (χ4v) is 3.17. The first-order valence-corrected chi connectivity index (χ1v) is 10.3. The highest BCUT2D eigenvalue weighted by Gasteiger charge is 2.09. The summed E-state index contributed by atoms with van der Waals surface area (Å²) in [6.07, 6.45) is 0. The molecule has 0 aliphatic carbocycles. The molecule has 2 amide bonds. The van der Waals surface area contributed by atoms with Crippen LogP contribution in [0.3, 0.4) is 0 Å². The van der Waals surface area contributed by atoms with Crippen LogP contribution in [0.4, 0.5) is 11.4 Å². The number of nitrogens with one attached hydrogen (secondary N) is 3. The zero-order valence-corrected chi connectivity index (χ0v) is 18.6. The van der Waals surface area contributed by atoms with Crippen LogP contribution in [-0.4, -0.2) is 16.9 Å². The fraction of sp³-hybridized carbons (Fsp3) is 0. The molecule has 0 aliphatic heterocycles. The van der Waals surface area contributed by atoms with E-state index in [1.807, 2.05) is 12.1 Å². The van der Waals surface area contributed by atoms with E-state index < -0.39 is 0 Å². The van der Waals surface area contributed by atoms with Crippen LogP contribution in [0.1, 0.15) is 20.7 Å². The van der Waals surface area contributed by atoms with Gasteiger partial charge in [-0.05, 0) is 102 Å². The van der Waals surface area contributed by atoms with E-state index in [0.29, 0.717) is 27.5 Å². The Morgan fingerprint density at radius 2 is 1.41 bits per heavy atom. The Morgan fingerprint density at radius 3 is 2.03 bits per heavy atom. The van der Waals surface area contributed by atoms with Gasteiger partial charge in [0, 0.05) is 31.1 Å². The van der Waals surface area contributed by atoms with Gasteiger partial charge < -0.3 is 10.6 Å². The highest BCUT2D eigenvalue weighted by molar-refractivity contribution is 14.1. The molecule has 146 valence electrons. The summed E-state index contributed by atoms with van der Waals surface area (Å²) >= 11 is 13.3. The van der Waals surface area contributed by atoms with E-state index >= 15 is 0 Å². The van der Waals surface area contributed by atoms with E-state index in [-0.39, 0.29) is 16.9 Å². The summed E-state index contributed by atoms with van der Waals surface area (Å²) in [5.41, 5.74) is 2.29. The molecular weight excluding hydrogens is 521 g/mol. The van der Waals surface area contributed by atoms with Gasteiger partial charge in [-0.25, -0.2) is 0 Å². The number of carbonyl (C=O) groups is 2. The minimum atomic E-state index is -0.288. The topological polar surface area (TPSA) is 70.2 Å². The van der Waals surface area contributed by atoms with Crippen molar-refractivity contribution in [1.29, 1.82) is 0 Å². The van der Waals surface area contributed by atoms with Gasteiger partial charge in [0.1, 0.15) is 0 Å². The quantitative estimate of drug-likeness (QED) is 0.312. The maximum atomic E-state index is 12.3. The molecule has 3 aromatic carbocycles.